The lowest BCUT2D eigenvalue weighted by Gasteiger charge is -2.30. The summed E-state index contributed by atoms with van der Waals surface area (Å²) in [7, 11) is 0. The molecule has 1 aromatic heterocycles. The molecule has 1 atom stereocenters. The quantitative estimate of drug-likeness (QED) is 0.702. The van der Waals surface area contributed by atoms with Crippen LogP contribution in [0.2, 0.25) is 0 Å². The molecule has 20 heavy (non-hydrogen) atoms. The molecule has 0 aromatic carbocycles. The lowest BCUT2D eigenvalue weighted by Crippen LogP contribution is -2.45. The first-order chi connectivity index (χ1) is 9.24. The molecule has 7 nitrogen and oxygen atoms in total. The van der Waals surface area contributed by atoms with Crippen LogP contribution in [-0.4, -0.2) is 39.1 Å². The molecule has 0 saturated heterocycles. The van der Waals surface area contributed by atoms with Crippen LogP contribution < -0.4 is 11.1 Å². The number of rotatable bonds is 6. The summed E-state index contributed by atoms with van der Waals surface area (Å²) in [4.78, 5) is 27.0. The summed E-state index contributed by atoms with van der Waals surface area (Å²) in [5.41, 5.74) is 5.33. The van der Waals surface area contributed by atoms with Crippen molar-refractivity contribution in [2.24, 2.45) is 11.1 Å². The molecule has 1 rings (SSSR count). The molecule has 1 amide bonds. The van der Waals surface area contributed by atoms with Crippen LogP contribution in [0, 0.1) is 5.41 Å². The Morgan fingerprint density at radius 1 is 1.50 bits per heavy atom. The summed E-state index contributed by atoms with van der Waals surface area (Å²) in [6.45, 7) is 6.69. The number of hydrogen-bond acceptors (Lipinski definition) is 4. The zero-order chi connectivity index (χ0) is 15.3. The van der Waals surface area contributed by atoms with E-state index in [-0.39, 0.29) is 23.4 Å². The number of imidazole rings is 1. The maximum Gasteiger partial charge on any atom is 0.305 e. The Hall–Kier alpha value is -1.89. The monoisotopic (exact) mass is 282 g/mol. The molecular formula is C13H22N4O3. The topological polar surface area (TPSA) is 110 Å². The predicted molar refractivity (Wildman–Crippen MR) is 74.2 cm³/mol. The summed E-state index contributed by atoms with van der Waals surface area (Å²) in [6.07, 6.45) is 3.01. The van der Waals surface area contributed by atoms with Gasteiger partial charge in [0.25, 0.3) is 5.91 Å². The van der Waals surface area contributed by atoms with E-state index in [2.05, 4.69) is 10.3 Å². The number of carbonyl (C=O) groups is 2. The van der Waals surface area contributed by atoms with Crippen molar-refractivity contribution in [2.45, 2.75) is 39.8 Å². The molecule has 0 aliphatic rings. The molecule has 0 fully saturated rings. The van der Waals surface area contributed by atoms with Crippen molar-refractivity contribution in [2.75, 3.05) is 6.54 Å². The average molecular weight is 282 g/mol. The van der Waals surface area contributed by atoms with Gasteiger partial charge in [0.05, 0.1) is 12.7 Å². The number of nitrogens with two attached hydrogens (primary N) is 1. The second-order valence-corrected chi connectivity index (χ2v) is 5.78. The maximum atomic E-state index is 12.1. The van der Waals surface area contributed by atoms with Crippen LogP contribution >= 0.6 is 0 Å². The Kier molecular flexibility index (Phi) is 5.26. The van der Waals surface area contributed by atoms with E-state index in [1.807, 2.05) is 20.8 Å². The largest absolute Gasteiger partial charge is 0.481 e. The molecule has 0 saturated carbocycles. The van der Waals surface area contributed by atoms with Crippen molar-refractivity contribution in [1.29, 1.82) is 0 Å². The first-order valence-electron chi connectivity index (χ1n) is 6.48. The van der Waals surface area contributed by atoms with Gasteiger partial charge in [-0.2, -0.15) is 0 Å². The zero-order valence-electron chi connectivity index (χ0n) is 12.1. The highest BCUT2D eigenvalue weighted by Gasteiger charge is 2.29. The average Bonchev–Trinajstić information content (AvgIpc) is 2.75. The lowest BCUT2D eigenvalue weighted by molar-refractivity contribution is -0.138. The highest BCUT2D eigenvalue weighted by Crippen LogP contribution is 2.22. The van der Waals surface area contributed by atoms with Crippen LogP contribution in [-0.2, 0) is 11.3 Å². The standard InChI is InChI=1S/C13H22N4O3/c1-13(2,3)10(6-11(18)19)16-12(20)9-7-17(5-4-14)8-15-9/h7-8,10H,4-6,14H2,1-3H3,(H,16,20)(H,18,19). The fourth-order valence-electron chi connectivity index (χ4n) is 1.73. The molecule has 0 bridgehead atoms. The summed E-state index contributed by atoms with van der Waals surface area (Å²) in [5.74, 6) is -1.32. The second kappa shape index (κ2) is 6.51. The summed E-state index contributed by atoms with van der Waals surface area (Å²) in [5, 5.41) is 11.7. The highest BCUT2D eigenvalue weighted by molar-refractivity contribution is 5.92. The number of carboxylic acid groups (broad SMARTS) is 1. The minimum Gasteiger partial charge on any atom is -0.481 e. The third-order valence-electron chi connectivity index (χ3n) is 2.98. The van der Waals surface area contributed by atoms with Crippen LogP contribution in [0.4, 0.5) is 0 Å². The van der Waals surface area contributed by atoms with Crippen molar-refractivity contribution in [3.05, 3.63) is 18.2 Å². The van der Waals surface area contributed by atoms with Gasteiger partial charge in [0.15, 0.2) is 0 Å². The Morgan fingerprint density at radius 3 is 2.65 bits per heavy atom. The zero-order valence-corrected chi connectivity index (χ0v) is 12.1. The summed E-state index contributed by atoms with van der Waals surface area (Å²) < 4.78 is 1.72. The van der Waals surface area contributed by atoms with Crippen LogP contribution in [0.25, 0.3) is 0 Å². The van der Waals surface area contributed by atoms with Crippen molar-refractivity contribution in [1.82, 2.24) is 14.9 Å². The molecule has 7 heteroatoms. The molecule has 4 N–H and O–H groups in total. The number of carboxylic acids is 1. The van der Waals surface area contributed by atoms with Gasteiger partial charge in [0.1, 0.15) is 5.69 Å². The minimum absolute atomic E-state index is 0.126. The summed E-state index contributed by atoms with van der Waals surface area (Å²) >= 11 is 0. The van der Waals surface area contributed by atoms with Crippen molar-refractivity contribution < 1.29 is 14.7 Å². The summed E-state index contributed by atoms with van der Waals surface area (Å²) in [6, 6.07) is -0.466. The minimum atomic E-state index is -0.945. The van der Waals surface area contributed by atoms with Gasteiger partial charge in [-0.05, 0) is 5.41 Å². The normalized spacial score (nSPS) is 13.0. The maximum absolute atomic E-state index is 12.1. The van der Waals surface area contributed by atoms with Gasteiger partial charge < -0.3 is 20.7 Å². The van der Waals surface area contributed by atoms with Gasteiger partial charge in [-0.1, -0.05) is 20.8 Å². The van der Waals surface area contributed by atoms with Crippen LogP contribution in [0.3, 0.4) is 0 Å². The lowest BCUT2D eigenvalue weighted by atomic mass is 9.84. The number of carbonyl (C=O) groups excluding carboxylic acids is 1. The Morgan fingerprint density at radius 2 is 2.15 bits per heavy atom. The first-order valence-corrected chi connectivity index (χ1v) is 6.48. The fraction of sp³-hybridized carbons (Fsp3) is 0.615. The Bertz CT molecular complexity index is 476. The van der Waals surface area contributed by atoms with E-state index in [1.54, 1.807) is 10.8 Å². The van der Waals surface area contributed by atoms with Crippen molar-refractivity contribution in [3.8, 4) is 0 Å². The third-order valence-corrected chi connectivity index (χ3v) is 2.98. The number of aromatic nitrogens is 2. The Balaban J connectivity index is 2.76. The van der Waals surface area contributed by atoms with E-state index in [0.29, 0.717) is 13.1 Å². The van der Waals surface area contributed by atoms with Crippen LogP contribution in [0.5, 0.6) is 0 Å². The highest BCUT2D eigenvalue weighted by atomic mass is 16.4. The smallest absolute Gasteiger partial charge is 0.305 e. The van der Waals surface area contributed by atoms with Gasteiger partial charge in [-0.3, -0.25) is 9.59 Å². The number of amides is 1. The van der Waals surface area contributed by atoms with Crippen LogP contribution in [0.15, 0.2) is 12.5 Å². The van der Waals surface area contributed by atoms with Crippen molar-refractivity contribution >= 4 is 11.9 Å². The second-order valence-electron chi connectivity index (χ2n) is 5.78. The number of aliphatic carboxylic acids is 1. The predicted octanol–water partition coefficient (Wildman–Crippen LogP) is 0.461. The Labute approximate surface area is 118 Å². The van der Waals surface area contributed by atoms with E-state index in [0.717, 1.165) is 0 Å². The van der Waals surface area contributed by atoms with Crippen molar-refractivity contribution in [3.63, 3.8) is 0 Å². The fourth-order valence-corrected chi connectivity index (χ4v) is 1.73. The van der Waals surface area contributed by atoms with E-state index < -0.39 is 12.0 Å². The van der Waals surface area contributed by atoms with Gasteiger partial charge in [0, 0.05) is 25.3 Å². The molecular weight excluding hydrogens is 260 g/mol. The van der Waals surface area contributed by atoms with Crippen LogP contribution in [0.1, 0.15) is 37.7 Å². The molecule has 0 spiro atoms. The molecule has 0 aliphatic carbocycles. The van der Waals surface area contributed by atoms with Gasteiger partial charge in [0.2, 0.25) is 0 Å². The van der Waals surface area contributed by atoms with Gasteiger partial charge >= 0.3 is 5.97 Å². The molecule has 112 valence electrons. The number of nitrogens with one attached hydrogen (secondary N) is 1. The van der Waals surface area contributed by atoms with E-state index in [1.165, 1.54) is 6.33 Å². The van der Waals surface area contributed by atoms with E-state index >= 15 is 0 Å². The SMILES string of the molecule is CC(C)(C)C(CC(=O)O)NC(=O)c1cn(CCN)cn1. The molecule has 1 heterocycles. The number of hydrogen-bond donors (Lipinski definition) is 3. The third kappa shape index (κ3) is 4.65. The molecule has 0 aliphatic heterocycles. The van der Waals surface area contributed by atoms with E-state index in [4.69, 9.17) is 10.8 Å². The van der Waals surface area contributed by atoms with E-state index in [9.17, 15) is 9.59 Å². The number of nitrogens with zero attached hydrogens (tertiary/aromatic N) is 2. The van der Waals surface area contributed by atoms with Gasteiger partial charge in [-0.15, -0.1) is 0 Å². The molecule has 1 aromatic rings. The molecule has 1 unspecified atom stereocenters. The van der Waals surface area contributed by atoms with Gasteiger partial charge in [-0.25, -0.2) is 4.98 Å². The first kappa shape index (κ1) is 16.2. The molecule has 0 radical (unpaired) electrons.